The maximum Gasteiger partial charge on any atom is 0.416 e. The Morgan fingerprint density at radius 1 is 0.941 bits per heavy atom. The van der Waals surface area contributed by atoms with Crippen molar-refractivity contribution in [3.8, 4) is 0 Å². The summed E-state index contributed by atoms with van der Waals surface area (Å²) >= 11 is 1.17. The van der Waals surface area contributed by atoms with Crippen molar-refractivity contribution >= 4 is 32.6 Å². The number of hydrogen-bond acceptors (Lipinski definition) is 4. The molecule has 1 aromatic heterocycles. The zero-order chi connectivity index (χ0) is 25.4. The van der Waals surface area contributed by atoms with Gasteiger partial charge in [-0.1, -0.05) is 17.4 Å². The highest BCUT2D eigenvalue weighted by Crippen LogP contribution is 2.38. The fourth-order valence-electron chi connectivity index (χ4n) is 3.39. The largest absolute Gasteiger partial charge is 0.416 e. The summed E-state index contributed by atoms with van der Waals surface area (Å²) in [6.45, 7) is 4.40. The number of thiazole rings is 1. The highest BCUT2D eigenvalue weighted by atomic mass is 32.1. The molecule has 0 bridgehead atoms. The molecule has 0 N–H and O–H groups in total. The van der Waals surface area contributed by atoms with Crippen LogP contribution in [0.2, 0.25) is 0 Å². The molecule has 0 aliphatic carbocycles. The lowest BCUT2D eigenvalue weighted by Crippen LogP contribution is -2.34. The number of amides is 1. The number of carbonyl (C=O) groups is 1. The number of aromatic nitrogens is 1. The van der Waals surface area contributed by atoms with Crippen molar-refractivity contribution in [1.82, 2.24) is 9.88 Å². The zero-order valence-electron chi connectivity index (χ0n) is 18.9. The van der Waals surface area contributed by atoms with E-state index in [1.165, 1.54) is 16.2 Å². The van der Waals surface area contributed by atoms with Crippen molar-refractivity contribution in [2.75, 3.05) is 32.1 Å². The molecule has 2 aromatic carbocycles. The van der Waals surface area contributed by atoms with E-state index in [2.05, 4.69) is 4.98 Å². The van der Waals surface area contributed by atoms with Crippen LogP contribution in [0.3, 0.4) is 0 Å². The summed E-state index contributed by atoms with van der Waals surface area (Å²) in [6.07, 6.45) is -9.65. The van der Waals surface area contributed by atoms with Crippen molar-refractivity contribution in [3.63, 3.8) is 0 Å². The third-order valence-electron chi connectivity index (χ3n) is 5.37. The van der Waals surface area contributed by atoms with Crippen LogP contribution in [-0.4, -0.2) is 43.0 Å². The summed E-state index contributed by atoms with van der Waals surface area (Å²) in [5.41, 5.74) is -1.25. The van der Waals surface area contributed by atoms with Gasteiger partial charge in [-0.25, -0.2) is 4.98 Å². The van der Waals surface area contributed by atoms with E-state index < -0.39 is 35.0 Å². The molecule has 4 nitrogen and oxygen atoms in total. The van der Waals surface area contributed by atoms with Crippen LogP contribution in [0.4, 0.5) is 31.5 Å². The van der Waals surface area contributed by atoms with Gasteiger partial charge < -0.3 is 4.90 Å². The summed E-state index contributed by atoms with van der Waals surface area (Å²) in [5, 5.41) is 0.221. The van der Waals surface area contributed by atoms with Crippen molar-refractivity contribution in [3.05, 3.63) is 58.1 Å². The Labute approximate surface area is 196 Å². The number of anilines is 1. The standard InChI is InChI=1S/C23H23F6N3OS/c1-13-6-7-18-19(14(13)2)30-21(34-18)32(9-5-8-31(3)4)20(33)15-10-16(22(24,25)26)12-17(11-15)23(27,28)29/h6-7,10-12H,5,8-9H2,1-4H3. The number of aryl methyl sites for hydroxylation is 2. The van der Waals surface area contributed by atoms with Crippen molar-refractivity contribution in [2.24, 2.45) is 0 Å². The van der Waals surface area contributed by atoms with E-state index in [1.807, 2.05) is 45.0 Å². The lowest BCUT2D eigenvalue weighted by atomic mass is 10.0. The second-order valence-corrected chi connectivity index (χ2v) is 9.27. The Morgan fingerprint density at radius 3 is 2.06 bits per heavy atom. The number of hydrogen-bond donors (Lipinski definition) is 0. The van der Waals surface area contributed by atoms with Crippen LogP contribution in [0, 0.1) is 13.8 Å². The summed E-state index contributed by atoms with van der Waals surface area (Å²) < 4.78 is 80.7. The normalized spacial score (nSPS) is 12.6. The fourth-order valence-corrected chi connectivity index (χ4v) is 4.44. The molecule has 0 saturated carbocycles. The average molecular weight is 504 g/mol. The first-order chi connectivity index (χ1) is 15.7. The summed E-state index contributed by atoms with van der Waals surface area (Å²) in [7, 11) is 3.64. The molecular weight excluding hydrogens is 480 g/mol. The predicted octanol–water partition coefficient (Wildman–Crippen LogP) is 6.55. The molecule has 1 heterocycles. The van der Waals surface area contributed by atoms with E-state index in [-0.39, 0.29) is 17.7 Å². The number of carbonyl (C=O) groups excluding carboxylic acids is 1. The van der Waals surface area contributed by atoms with E-state index in [4.69, 9.17) is 0 Å². The van der Waals surface area contributed by atoms with E-state index in [0.29, 0.717) is 30.6 Å². The minimum absolute atomic E-state index is 0.0109. The number of benzene rings is 2. The van der Waals surface area contributed by atoms with Gasteiger partial charge in [-0.05, 0) is 76.3 Å². The number of halogens is 6. The van der Waals surface area contributed by atoms with Gasteiger partial charge in [0.2, 0.25) is 0 Å². The molecule has 3 aromatic rings. The van der Waals surface area contributed by atoms with E-state index in [0.717, 1.165) is 15.8 Å². The molecule has 184 valence electrons. The summed E-state index contributed by atoms with van der Waals surface area (Å²) in [5.74, 6) is -0.969. The Hall–Kier alpha value is -2.66. The second-order valence-electron chi connectivity index (χ2n) is 8.26. The van der Waals surface area contributed by atoms with Gasteiger partial charge in [0.15, 0.2) is 5.13 Å². The Kier molecular flexibility index (Phi) is 7.28. The topological polar surface area (TPSA) is 36.4 Å². The third kappa shape index (κ3) is 5.69. The van der Waals surface area contributed by atoms with Gasteiger partial charge in [-0.15, -0.1) is 0 Å². The van der Waals surface area contributed by atoms with Crippen LogP contribution in [0.1, 0.15) is 39.0 Å². The first-order valence-corrected chi connectivity index (χ1v) is 11.1. The van der Waals surface area contributed by atoms with Crippen LogP contribution in [0.25, 0.3) is 10.2 Å². The number of nitrogens with zero attached hydrogens (tertiary/aromatic N) is 3. The Morgan fingerprint density at radius 2 is 1.53 bits per heavy atom. The molecule has 0 radical (unpaired) electrons. The molecule has 0 aliphatic rings. The number of rotatable bonds is 6. The van der Waals surface area contributed by atoms with E-state index in [9.17, 15) is 31.1 Å². The molecule has 0 atom stereocenters. The minimum Gasteiger partial charge on any atom is -0.309 e. The second kappa shape index (κ2) is 9.53. The maximum atomic E-state index is 13.4. The van der Waals surface area contributed by atoms with Gasteiger partial charge >= 0.3 is 12.4 Å². The van der Waals surface area contributed by atoms with Gasteiger partial charge in [0.1, 0.15) is 0 Å². The molecule has 34 heavy (non-hydrogen) atoms. The third-order valence-corrected chi connectivity index (χ3v) is 6.41. The van der Waals surface area contributed by atoms with Crippen molar-refractivity contribution in [2.45, 2.75) is 32.6 Å². The molecule has 3 rings (SSSR count). The van der Waals surface area contributed by atoms with Gasteiger partial charge in [-0.2, -0.15) is 26.3 Å². The van der Waals surface area contributed by atoms with Crippen LogP contribution >= 0.6 is 11.3 Å². The summed E-state index contributed by atoms with van der Waals surface area (Å²) in [4.78, 5) is 20.9. The Bertz CT molecular complexity index is 1170. The molecule has 0 fully saturated rings. The Balaban J connectivity index is 2.11. The highest BCUT2D eigenvalue weighted by Gasteiger charge is 2.38. The van der Waals surface area contributed by atoms with Gasteiger partial charge in [-0.3, -0.25) is 9.69 Å². The maximum absolute atomic E-state index is 13.4. The fraction of sp³-hybridized carbons (Fsp3) is 0.391. The van der Waals surface area contributed by atoms with Crippen molar-refractivity contribution in [1.29, 1.82) is 0 Å². The van der Waals surface area contributed by atoms with Gasteiger partial charge in [0.05, 0.1) is 21.3 Å². The lowest BCUT2D eigenvalue weighted by molar-refractivity contribution is -0.143. The molecule has 0 spiro atoms. The zero-order valence-corrected chi connectivity index (χ0v) is 19.8. The molecule has 11 heteroatoms. The molecule has 0 aliphatic heterocycles. The van der Waals surface area contributed by atoms with Crippen LogP contribution in [-0.2, 0) is 12.4 Å². The van der Waals surface area contributed by atoms with E-state index in [1.54, 1.807) is 0 Å². The lowest BCUT2D eigenvalue weighted by Gasteiger charge is -2.22. The minimum atomic E-state index is -5.05. The van der Waals surface area contributed by atoms with Crippen LogP contribution < -0.4 is 4.90 Å². The monoisotopic (exact) mass is 503 g/mol. The van der Waals surface area contributed by atoms with Gasteiger partial charge in [0.25, 0.3) is 5.91 Å². The quantitative estimate of drug-likeness (QED) is 0.358. The van der Waals surface area contributed by atoms with E-state index >= 15 is 0 Å². The molecule has 1 amide bonds. The first kappa shape index (κ1) is 26.0. The predicted molar refractivity (Wildman–Crippen MR) is 120 cm³/mol. The average Bonchev–Trinajstić information content (AvgIpc) is 3.16. The number of alkyl halides is 6. The summed E-state index contributed by atoms with van der Waals surface area (Å²) in [6, 6.07) is 4.64. The molecular formula is C23H23F6N3OS. The SMILES string of the molecule is Cc1ccc2sc(N(CCCN(C)C)C(=O)c3cc(C(F)(F)F)cc(C(F)(F)F)c3)nc2c1C. The molecule has 0 unspecified atom stereocenters. The van der Waals surface area contributed by atoms with Gasteiger partial charge in [0, 0.05) is 12.1 Å². The smallest absolute Gasteiger partial charge is 0.309 e. The van der Waals surface area contributed by atoms with Crippen LogP contribution in [0.5, 0.6) is 0 Å². The number of fused-ring (bicyclic) bond motifs is 1. The molecule has 0 saturated heterocycles. The first-order valence-electron chi connectivity index (χ1n) is 10.3. The van der Waals surface area contributed by atoms with Crippen molar-refractivity contribution < 1.29 is 31.1 Å². The van der Waals surface area contributed by atoms with Crippen LogP contribution in [0.15, 0.2) is 30.3 Å². The highest BCUT2D eigenvalue weighted by molar-refractivity contribution is 7.22.